The molecule has 1 amide bonds. The third kappa shape index (κ3) is 3.11. The highest BCUT2D eigenvalue weighted by molar-refractivity contribution is 9.10. The number of benzene rings is 1. The van der Waals surface area contributed by atoms with Crippen molar-refractivity contribution in [3.8, 4) is 0 Å². The first-order valence-corrected chi connectivity index (χ1v) is 6.53. The molecule has 1 aromatic heterocycles. The number of carbonyl (C=O) groups excluding carboxylic acids is 1. The summed E-state index contributed by atoms with van der Waals surface area (Å²) in [7, 11) is 0. The summed E-state index contributed by atoms with van der Waals surface area (Å²) in [4.78, 5) is 15.6. The summed E-state index contributed by atoms with van der Waals surface area (Å²) in [5.74, 6) is -1.11. The van der Waals surface area contributed by atoms with Gasteiger partial charge in [0.2, 0.25) is 0 Å². The van der Waals surface area contributed by atoms with Gasteiger partial charge in [-0.25, -0.2) is 9.37 Å². The Morgan fingerprint density at radius 1 is 1.47 bits per heavy atom. The molecule has 3 nitrogen and oxygen atoms in total. The maximum absolute atomic E-state index is 13.1. The van der Waals surface area contributed by atoms with E-state index >= 15 is 0 Å². The van der Waals surface area contributed by atoms with Gasteiger partial charge in [0.15, 0.2) is 0 Å². The maximum Gasteiger partial charge on any atom is 0.258 e. The molecule has 1 heterocycles. The van der Waals surface area contributed by atoms with Crippen molar-refractivity contribution in [1.82, 2.24) is 4.98 Å². The minimum absolute atomic E-state index is 0.000965. The van der Waals surface area contributed by atoms with Gasteiger partial charge in [-0.15, -0.1) is 0 Å². The summed E-state index contributed by atoms with van der Waals surface area (Å²) < 4.78 is 14.0. The van der Waals surface area contributed by atoms with Crippen LogP contribution in [0.15, 0.2) is 34.9 Å². The molecule has 0 radical (unpaired) electrons. The van der Waals surface area contributed by atoms with Gasteiger partial charge in [-0.3, -0.25) is 4.79 Å². The van der Waals surface area contributed by atoms with Gasteiger partial charge in [-0.05, 0) is 30.7 Å². The molecule has 2 rings (SSSR count). The molecule has 0 atom stereocenters. The van der Waals surface area contributed by atoms with Crippen LogP contribution >= 0.6 is 27.5 Å². The molecule has 0 fully saturated rings. The lowest BCUT2D eigenvalue weighted by Crippen LogP contribution is -2.14. The smallest absolute Gasteiger partial charge is 0.258 e. The third-order valence-electron chi connectivity index (χ3n) is 2.57. The van der Waals surface area contributed by atoms with E-state index in [1.807, 2.05) is 13.0 Å². The predicted molar refractivity (Wildman–Crippen MR) is 76.0 cm³/mol. The standard InChI is InChI=1S/C13H9BrClFN2O/c1-7-10(14)3-2-4-11(7)18-13(19)9-5-8(16)6-17-12(9)15/h2-6H,1H3,(H,18,19). The minimum Gasteiger partial charge on any atom is -0.322 e. The van der Waals surface area contributed by atoms with Crippen LogP contribution < -0.4 is 5.32 Å². The fourth-order valence-corrected chi connectivity index (χ4v) is 2.07. The molecule has 6 heteroatoms. The third-order valence-corrected chi connectivity index (χ3v) is 3.73. The first-order chi connectivity index (χ1) is 8.99. The number of hydrogen-bond acceptors (Lipinski definition) is 2. The molecule has 98 valence electrons. The second-order valence-electron chi connectivity index (χ2n) is 3.86. The van der Waals surface area contributed by atoms with E-state index in [2.05, 4.69) is 26.2 Å². The van der Waals surface area contributed by atoms with Crippen LogP contribution in [0.2, 0.25) is 5.15 Å². The Morgan fingerprint density at radius 2 is 2.21 bits per heavy atom. The Kier molecular flexibility index (Phi) is 4.17. The quantitative estimate of drug-likeness (QED) is 0.831. The Morgan fingerprint density at radius 3 is 2.95 bits per heavy atom. The molecule has 0 aliphatic rings. The second kappa shape index (κ2) is 5.67. The van der Waals surface area contributed by atoms with Crippen LogP contribution in [0.25, 0.3) is 0 Å². The number of anilines is 1. The number of amides is 1. The van der Waals surface area contributed by atoms with Crippen LogP contribution in [0.3, 0.4) is 0 Å². The molecule has 19 heavy (non-hydrogen) atoms. The molecule has 0 aliphatic heterocycles. The average molecular weight is 344 g/mol. The largest absolute Gasteiger partial charge is 0.322 e. The topological polar surface area (TPSA) is 42.0 Å². The van der Waals surface area contributed by atoms with Crippen molar-refractivity contribution in [2.24, 2.45) is 0 Å². The van der Waals surface area contributed by atoms with Crippen molar-refractivity contribution in [3.63, 3.8) is 0 Å². The van der Waals surface area contributed by atoms with Crippen molar-refractivity contribution in [1.29, 1.82) is 0 Å². The average Bonchev–Trinajstić information content (AvgIpc) is 2.38. The number of hydrogen-bond donors (Lipinski definition) is 1. The van der Waals surface area contributed by atoms with Crippen molar-refractivity contribution in [2.75, 3.05) is 5.32 Å². The predicted octanol–water partition coefficient (Wildman–Crippen LogP) is 4.20. The van der Waals surface area contributed by atoms with E-state index in [1.54, 1.807) is 12.1 Å². The Bertz CT molecular complexity index is 649. The highest BCUT2D eigenvalue weighted by Gasteiger charge is 2.14. The summed E-state index contributed by atoms with van der Waals surface area (Å²) in [5.41, 5.74) is 1.50. The van der Waals surface area contributed by atoms with Gasteiger partial charge in [0.1, 0.15) is 11.0 Å². The van der Waals surface area contributed by atoms with Gasteiger partial charge in [0.05, 0.1) is 11.8 Å². The number of pyridine rings is 1. The first kappa shape index (κ1) is 14.0. The summed E-state index contributed by atoms with van der Waals surface area (Å²) in [6, 6.07) is 6.45. The Labute approximate surface area is 122 Å². The van der Waals surface area contributed by atoms with Gasteiger partial charge >= 0.3 is 0 Å². The summed E-state index contributed by atoms with van der Waals surface area (Å²) in [6.45, 7) is 1.85. The second-order valence-corrected chi connectivity index (χ2v) is 5.07. The zero-order chi connectivity index (χ0) is 14.0. The van der Waals surface area contributed by atoms with Crippen LogP contribution in [0.5, 0.6) is 0 Å². The molecule has 0 saturated carbocycles. The molecule has 1 aromatic carbocycles. The molecule has 0 aliphatic carbocycles. The Balaban J connectivity index is 2.31. The summed E-state index contributed by atoms with van der Waals surface area (Å²) >= 11 is 9.15. The van der Waals surface area contributed by atoms with Crippen molar-refractivity contribution >= 4 is 39.1 Å². The number of rotatable bonds is 2. The zero-order valence-electron chi connectivity index (χ0n) is 9.88. The van der Waals surface area contributed by atoms with Gasteiger partial charge in [-0.2, -0.15) is 0 Å². The molecule has 0 bridgehead atoms. The van der Waals surface area contributed by atoms with Crippen LogP contribution in [0, 0.1) is 12.7 Å². The number of nitrogens with one attached hydrogen (secondary N) is 1. The van der Waals surface area contributed by atoms with Crippen LogP contribution in [0.4, 0.5) is 10.1 Å². The molecule has 2 aromatic rings. The van der Waals surface area contributed by atoms with Crippen molar-refractivity contribution in [2.45, 2.75) is 6.92 Å². The van der Waals surface area contributed by atoms with E-state index in [4.69, 9.17) is 11.6 Å². The van der Waals surface area contributed by atoms with Crippen LogP contribution in [-0.4, -0.2) is 10.9 Å². The van der Waals surface area contributed by atoms with E-state index in [0.29, 0.717) is 5.69 Å². The van der Waals surface area contributed by atoms with E-state index in [1.165, 1.54) is 0 Å². The van der Waals surface area contributed by atoms with Crippen LogP contribution in [-0.2, 0) is 0 Å². The first-order valence-electron chi connectivity index (χ1n) is 5.36. The molecule has 0 spiro atoms. The van der Waals surface area contributed by atoms with E-state index in [0.717, 1.165) is 22.3 Å². The monoisotopic (exact) mass is 342 g/mol. The zero-order valence-corrected chi connectivity index (χ0v) is 12.2. The van der Waals surface area contributed by atoms with Gasteiger partial charge in [0, 0.05) is 10.2 Å². The van der Waals surface area contributed by atoms with E-state index in [9.17, 15) is 9.18 Å². The van der Waals surface area contributed by atoms with Gasteiger partial charge < -0.3 is 5.32 Å². The fraction of sp³-hybridized carbons (Fsp3) is 0.0769. The van der Waals surface area contributed by atoms with E-state index in [-0.39, 0.29) is 10.7 Å². The minimum atomic E-state index is -0.611. The molecule has 0 saturated heterocycles. The van der Waals surface area contributed by atoms with Crippen molar-refractivity contribution < 1.29 is 9.18 Å². The number of aromatic nitrogens is 1. The lowest BCUT2D eigenvalue weighted by molar-refractivity contribution is 0.102. The molecule has 0 unspecified atom stereocenters. The number of halogens is 3. The van der Waals surface area contributed by atoms with E-state index < -0.39 is 11.7 Å². The molecular weight excluding hydrogens is 335 g/mol. The lowest BCUT2D eigenvalue weighted by Gasteiger charge is -2.10. The van der Waals surface area contributed by atoms with Crippen LogP contribution in [0.1, 0.15) is 15.9 Å². The van der Waals surface area contributed by atoms with Crippen molar-refractivity contribution in [3.05, 3.63) is 57.0 Å². The lowest BCUT2D eigenvalue weighted by atomic mass is 10.2. The van der Waals surface area contributed by atoms with Gasteiger partial charge in [-0.1, -0.05) is 33.6 Å². The highest BCUT2D eigenvalue weighted by atomic mass is 79.9. The number of carbonyl (C=O) groups is 1. The summed E-state index contributed by atoms with van der Waals surface area (Å²) in [5, 5.41) is 2.64. The normalized spacial score (nSPS) is 10.3. The number of nitrogens with zero attached hydrogens (tertiary/aromatic N) is 1. The highest BCUT2D eigenvalue weighted by Crippen LogP contribution is 2.24. The summed E-state index contributed by atoms with van der Waals surface area (Å²) in [6.07, 6.45) is 0.962. The molecule has 1 N–H and O–H groups in total. The van der Waals surface area contributed by atoms with Gasteiger partial charge in [0.25, 0.3) is 5.91 Å². The molecular formula is C13H9BrClFN2O. The maximum atomic E-state index is 13.1. The SMILES string of the molecule is Cc1c(Br)cccc1NC(=O)c1cc(F)cnc1Cl. The fourth-order valence-electron chi connectivity index (χ4n) is 1.51. The Hall–Kier alpha value is -1.46.